The second kappa shape index (κ2) is 32.6. The van der Waals surface area contributed by atoms with Gasteiger partial charge < -0.3 is 15.3 Å². The second-order valence-electron chi connectivity index (χ2n) is 12.3. The molecule has 2 unspecified atom stereocenters. The van der Waals surface area contributed by atoms with E-state index in [9.17, 15) is 24.9 Å². The van der Waals surface area contributed by atoms with Gasteiger partial charge in [0.05, 0.1) is 0 Å². The van der Waals surface area contributed by atoms with Crippen molar-refractivity contribution >= 4 is 11.6 Å². The fourth-order valence-electron chi connectivity index (χ4n) is 5.07. The maximum atomic E-state index is 12.3. The fraction of sp³-hybridized carbons (Fsp3) is 0.744. The first kappa shape index (κ1) is 42.2. The van der Waals surface area contributed by atoms with E-state index < -0.39 is 29.9 Å². The highest BCUT2D eigenvalue weighted by molar-refractivity contribution is 5.87. The maximum absolute atomic E-state index is 12.3. The van der Waals surface area contributed by atoms with Crippen LogP contribution in [0.2, 0.25) is 0 Å². The first-order chi connectivity index (χ1) is 21.5. The van der Waals surface area contributed by atoms with E-state index in [2.05, 4.69) is 62.5 Å². The number of unbranched alkanes of at least 4 members (excludes halogenated alkanes) is 16. The Morgan fingerprint density at radius 1 is 0.432 bits per heavy atom. The SMILES string of the molecule is CCCCCC=CCC=CCCCCCCCC(=O)C(O)C(O)C(O)C(=O)CCCCCCCC=CCC=CCCCCC. The molecule has 0 saturated heterocycles. The van der Waals surface area contributed by atoms with Gasteiger partial charge in [-0.15, -0.1) is 0 Å². The van der Waals surface area contributed by atoms with Crippen molar-refractivity contribution in [3.63, 3.8) is 0 Å². The van der Waals surface area contributed by atoms with E-state index in [1.807, 2.05) is 0 Å². The van der Waals surface area contributed by atoms with Gasteiger partial charge >= 0.3 is 0 Å². The molecule has 0 aromatic carbocycles. The molecule has 0 aliphatic carbocycles. The molecule has 0 saturated carbocycles. The Bertz CT molecular complexity index is 717. The third-order valence-electron chi connectivity index (χ3n) is 8.05. The van der Waals surface area contributed by atoms with Gasteiger partial charge in [0.2, 0.25) is 0 Å². The van der Waals surface area contributed by atoms with Crippen LogP contribution < -0.4 is 0 Å². The average Bonchev–Trinajstić information content (AvgIpc) is 3.03. The van der Waals surface area contributed by atoms with Crippen molar-refractivity contribution in [1.82, 2.24) is 0 Å². The zero-order valence-corrected chi connectivity index (χ0v) is 28.5. The Hall–Kier alpha value is -1.82. The van der Waals surface area contributed by atoms with Crippen LogP contribution in [0.4, 0.5) is 0 Å². The van der Waals surface area contributed by atoms with Crippen LogP contribution in [0, 0.1) is 0 Å². The first-order valence-electron chi connectivity index (χ1n) is 18.1. The molecule has 254 valence electrons. The second-order valence-corrected chi connectivity index (χ2v) is 12.3. The summed E-state index contributed by atoms with van der Waals surface area (Å²) in [6.07, 6.45) is 36.7. The standard InChI is InChI=1S/C39H68O5/c1-3-5-7-9-11-13-15-17-19-21-23-25-27-29-31-33-35(40)37(42)39(44)38(43)36(41)34-32-30-28-26-24-22-20-18-16-14-12-10-8-6-4-2/h11-14,17-20,37-39,42-44H,3-10,15-16,21-34H2,1-2H3. The minimum atomic E-state index is -1.76. The highest BCUT2D eigenvalue weighted by Gasteiger charge is 2.33. The molecule has 0 amide bonds. The predicted molar refractivity (Wildman–Crippen MR) is 187 cm³/mol. The van der Waals surface area contributed by atoms with Gasteiger partial charge in [0.1, 0.15) is 18.3 Å². The summed E-state index contributed by atoms with van der Waals surface area (Å²) in [6.45, 7) is 4.44. The molecular weight excluding hydrogens is 548 g/mol. The van der Waals surface area contributed by atoms with Crippen LogP contribution in [-0.4, -0.2) is 45.2 Å². The van der Waals surface area contributed by atoms with Gasteiger partial charge in [-0.3, -0.25) is 9.59 Å². The number of aliphatic hydroxyl groups excluding tert-OH is 3. The largest absolute Gasteiger partial charge is 0.387 e. The normalized spacial score (nSPS) is 14.4. The lowest BCUT2D eigenvalue weighted by molar-refractivity contribution is -0.146. The Morgan fingerprint density at radius 3 is 1.07 bits per heavy atom. The van der Waals surface area contributed by atoms with Crippen LogP contribution in [0.5, 0.6) is 0 Å². The van der Waals surface area contributed by atoms with Gasteiger partial charge in [0.15, 0.2) is 11.6 Å². The van der Waals surface area contributed by atoms with Crippen molar-refractivity contribution in [2.24, 2.45) is 0 Å². The Labute approximate surface area is 271 Å². The zero-order chi connectivity index (χ0) is 32.5. The van der Waals surface area contributed by atoms with Gasteiger partial charge in [-0.2, -0.15) is 0 Å². The van der Waals surface area contributed by atoms with Crippen LogP contribution in [0.15, 0.2) is 48.6 Å². The minimum Gasteiger partial charge on any atom is -0.387 e. The van der Waals surface area contributed by atoms with Crippen molar-refractivity contribution in [2.75, 3.05) is 0 Å². The number of carbonyl (C=O) groups is 2. The Kier molecular flexibility index (Phi) is 31.2. The number of allylic oxidation sites excluding steroid dienone is 8. The average molecular weight is 617 g/mol. The number of rotatable bonds is 32. The summed E-state index contributed by atoms with van der Waals surface area (Å²) >= 11 is 0. The van der Waals surface area contributed by atoms with Crippen LogP contribution in [-0.2, 0) is 9.59 Å². The van der Waals surface area contributed by atoms with Crippen molar-refractivity contribution in [2.45, 2.75) is 186 Å². The van der Waals surface area contributed by atoms with E-state index in [1.165, 1.54) is 51.4 Å². The van der Waals surface area contributed by atoms with Gasteiger partial charge in [0, 0.05) is 12.8 Å². The molecule has 5 heteroatoms. The highest BCUT2D eigenvalue weighted by atomic mass is 16.4. The van der Waals surface area contributed by atoms with E-state index in [4.69, 9.17) is 0 Å². The molecule has 3 N–H and O–H groups in total. The number of aliphatic hydroxyl groups is 3. The van der Waals surface area contributed by atoms with Gasteiger partial charge in [-0.05, 0) is 77.0 Å². The lowest BCUT2D eigenvalue weighted by atomic mass is 9.95. The van der Waals surface area contributed by atoms with Gasteiger partial charge in [-0.1, -0.05) is 127 Å². The van der Waals surface area contributed by atoms with Crippen molar-refractivity contribution in [3.8, 4) is 0 Å². The van der Waals surface area contributed by atoms with E-state index >= 15 is 0 Å². The smallest absolute Gasteiger partial charge is 0.164 e. The Morgan fingerprint density at radius 2 is 0.727 bits per heavy atom. The lowest BCUT2D eigenvalue weighted by Crippen LogP contribution is -2.45. The molecule has 0 aliphatic heterocycles. The Balaban J connectivity index is 3.81. The molecule has 44 heavy (non-hydrogen) atoms. The van der Waals surface area contributed by atoms with E-state index in [-0.39, 0.29) is 12.8 Å². The molecule has 0 aromatic heterocycles. The highest BCUT2D eigenvalue weighted by Crippen LogP contribution is 2.14. The van der Waals surface area contributed by atoms with E-state index in [0.717, 1.165) is 77.0 Å². The monoisotopic (exact) mass is 617 g/mol. The number of Topliss-reactive ketones (excluding diaryl/α,β-unsaturated/α-hetero) is 2. The molecule has 0 aromatic rings. The molecule has 0 rings (SSSR count). The molecule has 5 nitrogen and oxygen atoms in total. The predicted octanol–water partition coefficient (Wildman–Crippen LogP) is 9.83. The fourth-order valence-corrected chi connectivity index (χ4v) is 5.07. The molecule has 0 radical (unpaired) electrons. The van der Waals surface area contributed by atoms with Crippen LogP contribution >= 0.6 is 0 Å². The summed E-state index contributed by atoms with van der Waals surface area (Å²) < 4.78 is 0. The quantitative estimate of drug-likeness (QED) is 0.0516. The van der Waals surface area contributed by atoms with Crippen LogP contribution in [0.3, 0.4) is 0 Å². The number of hydrogen-bond donors (Lipinski definition) is 3. The molecule has 2 atom stereocenters. The van der Waals surface area contributed by atoms with Crippen LogP contribution in [0.1, 0.15) is 168 Å². The summed E-state index contributed by atoms with van der Waals surface area (Å²) in [6, 6.07) is 0. The summed E-state index contributed by atoms with van der Waals surface area (Å²) in [5.74, 6) is -1.01. The molecule has 0 aliphatic rings. The van der Waals surface area contributed by atoms with E-state index in [0.29, 0.717) is 12.8 Å². The minimum absolute atomic E-state index is 0.147. The molecule has 0 spiro atoms. The summed E-state index contributed by atoms with van der Waals surface area (Å²) in [5.41, 5.74) is 0. The number of ketones is 2. The maximum Gasteiger partial charge on any atom is 0.164 e. The molecule has 0 bridgehead atoms. The van der Waals surface area contributed by atoms with Crippen molar-refractivity contribution in [3.05, 3.63) is 48.6 Å². The summed E-state index contributed by atoms with van der Waals surface area (Å²) in [7, 11) is 0. The first-order valence-corrected chi connectivity index (χ1v) is 18.1. The van der Waals surface area contributed by atoms with Gasteiger partial charge in [-0.25, -0.2) is 0 Å². The number of carbonyl (C=O) groups excluding carboxylic acids is 2. The van der Waals surface area contributed by atoms with Crippen molar-refractivity contribution in [1.29, 1.82) is 0 Å². The number of hydrogen-bond acceptors (Lipinski definition) is 5. The third kappa shape index (κ3) is 26.6. The topological polar surface area (TPSA) is 94.8 Å². The summed E-state index contributed by atoms with van der Waals surface area (Å²) in [5, 5.41) is 30.6. The van der Waals surface area contributed by atoms with Crippen molar-refractivity contribution < 1.29 is 24.9 Å². The van der Waals surface area contributed by atoms with E-state index in [1.54, 1.807) is 0 Å². The lowest BCUT2D eigenvalue weighted by Gasteiger charge is -2.21. The zero-order valence-electron chi connectivity index (χ0n) is 28.5. The van der Waals surface area contributed by atoms with Gasteiger partial charge in [0.25, 0.3) is 0 Å². The van der Waals surface area contributed by atoms with Crippen LogP contribution in [0.25, 0.3) is 0 Å². The molecular formula is C39H68O5. The summed E-state index contributed by atoms with van der Waals surface area (Å²) in [4.78, 5) is 24.6. The molecule has 0 fully saturated rings. The molecule has 0 heterocycles. The third-order valence-corrected chi connectivity index (χ3v) is 8.05.